The van der Waals surface area contributed by atoms with Gasteiger partial charge in [-0.1, -0.05) is 32.4 Å². The Hall–Kier alpha value is -0.580. The molecule has 18 heavy (non-hydrogen) atoms. The quantitative estimate of drug-likeness (QED) is 0.830. The average Bonchev–Trinajstić information content (AvgIpc) is 2.66. The molecule has 0 saturated carbocycles. The third-order valence-electron chi connectivity index (χ3n) is 3.12. The zero-order chi connectivity index (χ0) is 13.7. The highest BCUT2D eigenvalue weighted by Crippen LogP contribution is 2.27. The molecule has 0 aromatic carbocycles. The monoisotopic (exact) mass is 273 g/mol. The fourth-order valence-corrected chi connectivity index (χ4v) is 2.40. The molecule has 2 atom stereocenters. The van der Waals surface area contributed by atoms with E-state index in [1.54, 1.807) is 13.3 Å². The lowest BCUT2D eigenvalue weighted by molar-refractivity contribution is 0.181. The van der Waals surface area contributed by atoms with Gasteiger partial charge in [0.05, 0.1) is 30.1 Å². The van der Waals surface area contributed by atoms with Crippen molar-refractivity contribution >= 4 is 11.6 Å². The maximum atomic E-state index is 6.25. The second kappa shape index (κ2) is 7.12. The summed E-state index contributed by atoms with van der Waals surface area (Å²) in [5.41, 5.74) is 1.08. The number of methoxy groups -OCH3 is 1. The number of ether oxygens (including phenoxy) is 1. The molecular formula is C13H24ClN3O. The van der Waals surface area contributed by atoms with Gasteiger partial charge in [-0.25, -0.2) is 0 Å². The van der Waals surface area contributed by atoms with Crippen LogP contribution in [0.2, 0.25) is 5.02 Å². The molecule has 5 heteroatoms. The third kappa shape index (κ3) is 3.97. The van der Waals surface area contributed by atoms with Gasteiger partial charge in [0.15, 0.2) is 0 Å². The van der Waals surface area contributed by atoms with Crippen LogP contribution in [0.4, 0.5) is 0 Å². The number of hydrogen-bond donors (Lipinski definition) is 1. The summed E-state index contributed by atoms with van der Waals surface area (Å²) in [5.74, 6) is 0.305. The highest BCUT2D eigenvalue weighted by Gasteiger charge is 2.22. The van der Waals surface area contributed by atoms with Crippen molar-refractivity contribution < 1.29 is 4.74 Å². The molecule has 0 aliphatic heterocycles. The molecular weight excluding hydrogens is 250 g/mol. The summed E-state index contributed by atoms with van der Waals surface area (Å²) in [6.45, 7) is 10.0. The first-order valence-electron chi connectivity index (χ1n) is 6.43. The van der Waals surface area contributed by atoms with Crippen LogP contribution < -0.4 is 5.32 Å². The van der Waals surface area contributed by atoms with E-state index in [9.17, 15) is 0 Å². The minimum Gasteiger partial charge on any atom is -0.383 e. The van der Waals surface area contributed by atoms with Crippen molar-refractivity contribution in [3.05, 3.63) is 16.9 Å². The van der Waals surface area contributed by atoms with E-state index < -0.39 is 0 Å². The Morgan fingerprint density at radius 3 is 2.61 bits per heavy atom. The van der Waals surface area contributed by atoms with Gasteiger partial charge in [0, 0.05) is 25.1 Å². The van der Waals surface area contributed by atoms with Gasteiger partial charge in [0.25, 0.3) is 0 Å². The molecule has 1 aromatic rings. The largest absolute Gasteiger partial charge is 0.383 e. The van der Waals surface area contributed by atoms with Gasteiger partial charge >= 0.3 is 0 Å². The Kier molecular flexibility index (Phi) is 6.12. The van der Waals surface area contributed by atoms with Crippen molar-refractivity contribution in [2.75, 3.05) is 13.7 Å². The summed E-state index contributed by atoms with van der Waals surface area (Å²) in [7, 11) is 1.69. The molecule has 1 aromatic heterocycles. The molecule has 0 radical (unpaired) electrons. The van der Waals surface area contributed by atoms with E-state index in [-0.39, 0.29) is 0 Å². The van der Waals surface area contributed by atoms with E-state index in [1.165, 1.54) is 0 Å². The lowest BCUT2D eigenvalue weighted by atomic mass is 9.99. The summed E-state index contributed by atoms with van der Waals surface area (Å²) in [6, 6.07) is 0.803. The number of nitrogens with one attached hydrogen (secondary N) is 1. The van der Waals surface area contributed by atoms with E-state index in [2.05, 4.69) is 38.1 Å². The molecule has 0 amide bonds. The van der Waals surface area contributed by atoms with E-state index >= 15 is 0 Å². The predicted molar refractivity (Wildman–Crippen MR) is 75.3 cm³/mol. The Labute approximate surface area is 115 Å². The van der Waals surface area contributed by atoms with E-state index in [1.807, 2.05) is 4.68 Å². The van der Waals surface area contributed by atoms with Crippen molar-refractivity contribution in [3.8, 4) is 0 Å². The van der Waals surface area contributed by atoms with Crippen LogP contribution in [-0.2, 0) is 11.3 Å². The summed E-state index contributed by atoms with van der Waals surface area (Å²) in [5, 5.41) is 8.56. The highest BCUT2D eigenvalue weighted by atomic mass is 35.5. The summed E-state index contributed by atoms with van der Waals surface area (Å²) in [4.78, 5) is 0. The first kappa shape index (κ1) is 15.5. The fourth-order valence-electron chi connectivity index (χ4n) is 2.09. The van der Waals surface area contributed by atoms with Crippen molar-refractivity contribution in [2.45, 2.75) is 52.2 Å². The molecule has 0 aliphatic rings. The second-order valence-corrected chi connectivity index (χ2v) is 5.40. The van der Waals surface area contributed by atoms with Crippen molar-refractivity contribution in [1.82, 2.24) is 15.1 Å². The standard InChI is InChI=1S/C13H24ClN3O/c1-9(2)16-11(4)10(3)13-12(14)8-15-17(13)6-7-18-5/h8-11,16H,6-7H2,1-5H3. The van der Waals surface area contributed by atoms with Crippen LogP contribution in [0.1, 0.15) is 39.3 Å². The van der Waals surface area contributed by atoms with Gasteiger partial charge in [0.1, 0.15) is 0 Å². The minimum absolute atomic E-state index is 0.305. The fraction of sp³-hybridized carbons (Fsp3) is 0.769. The van der Waals surface area contributed by atoms with Crippen molar-refractivity contribution in [1.29, 1.82) is 0 Å². The molecule has 1 heterocycles. The Bertz CT molecular complexity index is 365. The van der Waals surface area contributed by atoms with Crippen LogP contribution in [0.5, 0.6) is 0 Å². The number of nitrogens with zero attached hydrogens (tertiary/aromatic N) is 2. The molecule has 0 saturated heterocycles. The number of rotatable bonds is 7. The number of halogens is 1. The summed E-state index contributed by atoms with van der Waals surface area (Å²) < 4.78 is 7.03. The Balaban J connectivity index is 2.82. The van der Waals surface area contributed by atoms with Gasteiger partial charge in [-0.05, 0) is 6.92 Å². The zero-order valence-corrected chi connectivity index (χ0v) is 12.7. The Morgan fingerprint density at radius 2 is 2.06 bits per heavy atom. The van der Waals surface area contributed by atoms with Crippen molar-refractivity contribution in [3.63, 3.8) is 0 Å². The number of aromatic nitrogens is 2. The van der Waals surface area contributed by atoms with Gasteiger partial charge in [0.2, 0.25) is 0 Å². The molecule has 0 spiro atoms. The first-order chi connectivity index (χ1) is 8.47. The van der Waals surface area contributed by atoms with E-state index in [0.717, 1.165) is 17.3 Å². The topological polar surface area (TPSA) is 39.1 Å². The van der Waals surface area contributed by atoms with Gasteiger partial charge in [-0.15, -0.1) is 0 Å². The lowest BCUT2D eigenvalue weighted by Crippen LogP contribution is -2.37. The second-order valence-electron chi connectivity index (χ2n) is 4.99. The smallest absolute Gasteiger partial charge is 0.0821 e. The normalized spacial score (nSPS) is 15.1. The Morgan fingerprint density at radius 1 is 1.39 bits per heavy atom. The molecule has 0 aliphatic carbocycles. The van der Waals surface area contributed by atoms with Crippen LogP contribution in [0, 0.1) is 0 Å². The van der Waals surface area contributed by atoms with E-state index in [0.29, 0.717) is 24.6 Å². The van der Waals surface area contributed by atoms with Gasteiger partial charge in [-0.2, -0.15) is 5.10 Å². The molecule has 104 valence electrons. The molecule has 4 nitrogen and oxygen atoms in total. The summed E-state index contributed by atoms with van der Waals surface area (Å²) in [6.07, 6.45) is 1.71. The zero-order valence-electron chi connectivity index (χ0n) is 11.9. The molecule has 1 N–H and O–H groups in total. The SMILES string of the molecule is COCCn1ncc(Cl)c1C(C)C(C)NC(C)C. The average molecular weight is 274 g/mol. The van der Waals surface area contributed by atoms with Gasteiger partial charge in [-0.3, -0.25) is 4.68 Å². The minimum atomic E-state index is 0.305. The number of hydrogen-bond acceptors (Lipinski definition) is 3. The van der Waals surface area contributed by atoms with Crippen LogP contribution in [0.15, 0.2) is 6.20 Å². The molecule has 2 unspecified atom stereocenters. The van der Waals surface area contributed by atoms with Crippen LogP contribution in [0.25, 0.3) is 0 Å². The lowest BCUT2D eigenvalue weighted by Gasteiger charge is -2.24. The van der Waals surface area contributed by atoms with Crippen LogP contribution in [0.3, 0.4) is 0 Å². The van der Waals surface area contributed by atoms with Crippen LogP contribution >= 0.6 is 11.6 Å². The predicted octanol–water partition coefficient (Wildman–Crippen LogP) is 2.67. The third-order valence-corrected chi connectivity index (χ3v) is 3.41. The van der Waals surface area contributed by atoms with E-state index in [4.69, 9.17) is 16.3 Å². The highest BCUT2D eigenvalue weighted by molar-refractivity contribution is 6.31. The molecule has 0 bridgehead atoms. The van der Waals surface area contributed by atoms with Gasteiger partial charge < -0.3 is 10.1 Å². The van der Waals surface area contributed by atoms with Crippen LogP contribution in [-0.4, -0.2) is 35.6 Å². The summed E-state index contributed by atoms with van der Waals surface area (Å²) >= 11 is 6.25. The maximum Gasteiger partial charge on any atom is 0.0821 e. The van der Waals surface area contributed by atoms with Crippen molar-refractivity contribution in [2.24, 2.45) is 0 Å². The first-order valence-corrected chi connectivity index (χ1v) is 6.81. The molecule has 1 rings (SSSR count). The molecule has 0 fully saturated rings. The maximum absolute atomic E-state index is 6.25.